The molecule has 4 nitrogen and oxygen atoms in total. The fraction of sp³-hybridized carbons (Fsp3) is 0.118. The van der Waals surface area contributed by atoms with E-state index in [0.29, 0.717) is 16.8 Å². The molecule has 3 rings (SSSR count). The Labute approximate surface area is 156 Å². The van der Waals surface area contributed by atoms with Crippen molar-refractivity contribution >= 4 is 21.4 Å². The summed E-state index contributed by atoms with van der Waals surface area (Å²) in [6, 6.07) is 8.62. The predicted molar refractivity (Wildman–Crippen MR) is 92.0 cm³/mol. The van der Waals surface area contributed by atoms with Gasteiger partial charge < -0.3 is 0 Å². The van der Waals surface area contributed by atoms with E-state index in [-0.39, 0.29) is 11.4 Å². The van der Waals surface area contributed by atoms with Gasteiger partial charge in [-0.2, -0.15) is 5.10 Å². The highest BCUT2D eigenvalue weighted by Crippen LogP contribution is 2.30. The van der Waals surface area contributed by atoms with Crippen molar-refractivity contribution in [3.8, 4) is 16.9 Å². The summed E-state index contributed by atoms with van der Waals surface area (Å²) in [7, 11) is -4.15. The Morgan fingerprint density at radius 2 is 1.59 bits per heavy atom. The number of aromatic nitrogens is 2. The number of rotatable bonds is 4. The number of benzene rings is 2. The summed E-state index contributed by atoms with van der Waals surface area (Å²) in [5.74, 6) is -2.69. The average molecular weight is 419 g/mol. The first-order chi connectivity index (χ1) is 12.6. The normalized spacial score (nSPS) is 12.0. The first kappa shape index (κ1) is 19.4. The molecule has 0 amide bonds. The Bertz CT molecular complexity index is 1090. The Balaban J connectivity index is 2.24. The van der Waals surface area contributed by atoms with Crippen LogP contribution in [-0.4, -0.2) is 24.5 Å². The molecule has 0 bridgehead atoms. The monoisotopic (exact) mass is 418 g/mol. The highest BCUT2D eigenvalue weighted by molar-refractivity contribution is 7.90. The fourth-order valence-corrected chi connectivity index (χ4v) is 3.50. The van der Waals surface area contributed by atoms with Crippen LogP contribution in [0.4, 0.5) is 17.6 Å². The fourth-order valence-electron chi connectivity index (χ4n) is 2.55. The molecule has 1 aromatic heterocycles. The van der Waals surface area contributed by atoms with Crippen LogP contribution in [-0.2, 0) is 9.84 Å². The molecule has 0 saturated heterocycles. The molecule has 0 radical (unpaired) electrons. The Morgan fingerprint density at radius 1 is 1.04 bits per heavy atom. The van der Waals surface area contributed by atoms with Gasteiger partial charge in [0.25, 0.3) is 6.43 Å². The van der Waals surface area contributed by atoms with Crippen LogP contribution in [0.2, 0.25) is 5.02 Å². The second-order valence-corrected chi connectivity index (χ2v) is 8.07. The van der Waals surface area contributed by atoms with Crippen molar-refractivity contribution in [1.82, 2.24) is 9.78 Å². The molecule has 3 aromatic rings. The van der Waals surface area contributed by atoms with E-state index in [4.69, 9.17) is 11.6 Å². The summed E-state index contributed by atoms with van der Waals surface area (Å²) in [4.78, 5) is -1.10. The van der Waals surface area contributed by atoms with Gasteiger partial charge in [-0.1, -0.05) is 23.7 Å². The molecule has 27 heavy (non-hydrogen) atoms. The van der Waals surface area contributed by atoms with Gasteiger partial charge in [0.05, 0.1) is 11.4 Å². The van der Waals surface area contributed by atoms with Crippen LogP contribution in [0.3, 0.4) is 0 Å². The van der Waals surface area contributed by atoms with E-state index < -0.39 is 38.5 Å². The standard InChI is InChI=1S/C17H11ClF4N2O2S/c1-27(25,26)16-12(19)6-11(7-13(16)20)24-15(8-14(23-24)17(21)22)9-2-4-10(18)5-3-9/h2-8,17H,1H3. The van der Waals surface area contributed by atoms with Gasteiger partial charge in [0.2, 0.25) is 0 Å². The Morgan fingerprint density at radius 3 is 2.07 bits per heavy atom. The van der Waals surface area contributed by atoms with Crippen molar-refractivity contribution < 1.29 is 26.0 Å². The molecule has 10 heteroatoms. The Hall–Kier alpha value is -2.39. The van der Waals surface area contributed by atoms with Crippen LogP contribution in [0.25, 0.3) is 16.9 Å². The van der Waals surface area contributed by atoms with Crippen LogP contribution in [0.15, 0.2) is 47.4 Å². The second kappa shape index (κ2) is 6.97. The number of hydrogen-bond donors (Lipinski definition) is 0. The summed E-state index contributed by atoms with van der Waals surface area (Å²) in [5.41, 5.74) is -0.290. The minimum absolute atomic E-state index is 0.132. The highest BCUT2D eigenvalue weighted by atomic mass is 35.5. The van der Waals surface area contributed by atoms with Gasteiger partial charge in [0, 0.05) is 29.0 Å². The molecule has 0 spiro atoms. The van der Waals surface area contributed by atoms with Crippen LogP contribution < -0.4 is 0 Å². The van der Waals surface area contributed by atoms with E-state index >= 15 is 0 Å². The smallest absolute Gasteiger partial charge is 0.232 e. The zero-order valence-electron chi connectivity index (χ0n) is 13.6. The van der Waals surface area contributed by atoms with E-state index in [0.717, 1.165) is 22.9 Å². The molecule has 0 aliphatic carbocycles. The molecule has 0 aliphatic rings. The minimum Gasteiger partial charge on any atom is -0.232 e. The van der Waals surface area contributed by atoms with Gasteiger partial charge in [-0.15, -0.1) is 0 Å². The van der Waals surface area contributed by atoms with E-state index in [1.165, 1.54) is 24.3 Å². The van der Waals surface area contributed by atoms with Gasteiger partial charge in [-0.3, -0.25) is 0 Å². The average Bonchev–Trinajstić information content (AvgIpc) is 2.99. The molecule has 0 unspecified atom stereocenters. The van der Waals surface area contributed by atoms with Gasteiger partial charge >= 0.3 is 0 Å². The lowest BCUT2D eigenvalue weighted by Gasteiger charge is -2.10. The Kier molecular flexibility index (Phi) is 5.00. The SMILES string of the molecule is CS(=O)(=O)c1c(F)cc(-n2nc(C(F)F)cc2-c2ccc(Cl)cc2)cc1F. The van der Waals surface area contributed by atoms with Crippen molar-refractivity contribution in [2.75, 3.05) is 6.26 Å². The molecule has 142 valence electrons. The van der Waals surface area contributed by atoms with Crippen molar-refractivity contribution in [3.05, 3.63) is 64.8 Å². The number of sulfone groups is 1. The van der Waals surface area contributed by atoms with Crippen LogP contribution in [0.1, 0.15) is 12.1 Å². The lowest BCUT2D eigenvalue weighted by Crippen LogP contribution is -2.08. The van der Waals surface area contributed by atoms with Crippen molar-refractivity contribution in [1.29, 1.82) is 0 Å². The highest BCUT2D eigenvalue weighted by Gasteiger charge is 2.23. The van der Waals surface area contributed by atoms with Crippen LogP contribution in [0, 0.1) is 11.6 Å². The third-order valence-electron chi connectivity index (χ3n) is 3.69. The molecule has 0 saturated carbocycles. The molecule has 0 fully saturated rings. The number of alkyl halides is 2. The zero-order valence-corrected chi connectivity index (χ0v) is 15.2. The topological polar surface area (TPSA) is 52.0 Å². The van der Waals surface area contributed by atoms with E-state index in [1.54, 1.807) is 0 Å². The van der Waals surface area contributed by atoms with Gasteiger partial charge in [0.15, 0.2) is 9.84 Å². The summed E-state index contributed by atoms with van der Waals surface area (Å²) in [6.07, 6.45) is -2.25. The molecule has 2 aromatic carbocycles. The van der Waals surface area contributed by atoms with Crippen molar-refractivity contribution in [2.45, 2.75) is 11.3 Å². The minimum atomic E-state index is -4.15. The van der Waals surface area contributed by atoms with Crippen LogP contribution in [0.5, 0.6) is 0 Å². The zero-order chi connectivity index (χ0) is 19.9. The summed E-state index contributed by atoms with van der Waals surface area (Å²) >= 11 is 5.81. The second-order valence-electron chi connectivity index (χ2n) is 5.68. The maximum atomic E-state index is 14.2. The first-order valence-electron chi connectivity index (χ1n) is 7.41. The lowest BCUT2D eigenvalue weighted by molar-refractivity contribution is 0.145. The first-order valence-corrected chi connectivity index (χ1v) is 9.68. The maximum absolute atomic E-state index is 14.2. The quantitative estimate of drug-likeness (QED) is 0.571. The lowest BCUT2D eigenvalue weighted by atomic mass is 10.1. The van der Waals surface area contributed by atoms with Crippen molar-refractivity contribution in [3.63, 3.8) is 0 Å². The van der Waals surface area contributed by atoms with E-state index in [9.17, 15) is 26.0 Å². The largest absolute Gasteiger partial charge is 0.282 e. The summed E-state index contributed by atoms with van der Waals surface area (Å²) in [6.45, 7) is 0. The summed E-state index contributed by atoms with van der Waals surface area (Å²) in [5, 5.41) is 4.11. The number of hydrogen-bond acceptors (Lipinski definition) is 3. The predicted octanol–water partition coefficient (Wildman–Crippen LogP) is 4.81. The van der Waals surface area contributed by atoms with Crippen molar-refractivity contribution in [2.24, 2.45) is 0 Å². The number of nitrogens with zero attached hydrogens (tertiary/aromatic N) is 2. The maximum Gasteiger partial charge on any atom is 0.282 e. The molecule has 0 aliphatic heterocycles. The molecular formula is C17H11ClF4N2O2S. The van der Waals surface area contributed by atoms with Gasteiger partial charge in [-0.25, -0.2) is 30.7 Å². The van der Waals surface area contributed by atoms with E-state index in [1.807, 2.05) is 0 Å². The molecular weight excluding hydrogens is 408 g/mol. The molecule has 0 atom stereocenters. The van der Waals surface area contributed by atoms with Gasteiger partial charge in [0.1, 0.15) is 22.2 Å². The third kappa shape index (κ3) is 3.84. The summed E-state index contributed by atoms with van der Waals surface area (Å²) < 4.78 is 78.6. The number of halogens is 5. The molecule has 0 N–H and O–H groups in total. The molecule has 1 heterocycles. The van der Waals surface area contributed by atoms with Gasteiger partial charge in [-0.05, 0) is 18.2 Å². The van der Waals surface area contributed by atoms with Crippen LogP contribution >= 0.6 is 11.6 Å². The van der Waals surface area contributed by atoms with E-state index in [2.05, 4.69) is 5.10 Å². The third-order valence-corrected chi connectivity index (χ3v) is 5.07.